The maximum atomic E-state index is 12.6. The molecule has 4 nitrogen and oxygen atoms in total. The van der Waals surface area contributed by atoms with Crippen LogP contribution in [0.25, 0.3) is 6.08 Å². The molecule has 0 radical (unpaired) electrons. The van der Waals surface area contributed by atoms with Gasteiger partial charge in [-0.2, -0.15) is 0 Å². The van der Waals surface area contributed by atoms with Gasteiger partial charge in [0.25, 0.3) is 5.91 Å². The second-order valence-corrected chi connectivity index (χ2v) is 6.99. The number of benzene rings is 2. The van der Waals surface area contributed by atoms with Crippen LogP contribution >= 0.6 is 23.4 Å². The van der Waals surface area contributed by atoms with E-state index in [2.05, 4.69) is 4.99 Å². The van der Waals surface area contributed by atoms with E-state index in [0.717, 1.165) is 16.8 Å². The molecule has 25 heavy (non-hydrogen) atoms. The number of likely N-dealkylation sites (N-methyl/N-ethyl adjacent to an activating group) is 1. The number of para-hydroxylation sites is 1. The highest BCUT2D eigenvalue weighted by atomic mass is 35.5. The molecule has 2 aromatic carbocycles. The summed E-state index contributed by atoms with van der Waals surface area (Å²) in [6.45, 7) is 1.99. The molecule has 1 amide bonds. The van der Waals surface area contributed by atoms with Gasteiger partial charge in [0, 0.05) is 17.6 Å². The van der Waals surface area contributed by atoms with Crippen LogP contribution in [0.1, 0.15) is 11.1 Å². The number of methoxy groups -OCH3 is 1. The summed E-state index contributed by atoms with van der Waals surface area (Å²) in [7, 11) is 3.31. The molecule has 0 N–H and O–H groups in total. The van der Waals surface area contributed by atoms with Crippen LogP contribution in [0.5, 0.6) is 5.75 Å². The van der Waals surface area contributed by atoms with E-state index < -0.39 is 0 Å². The first-order valence-electron chi connectivity index (χ1n) is 7.65. The number of amides is 1. The van der Waals surface area contributed by atoms with Crippen LogP contribution in [0.3, 0.4) is 0 Å². The molecule has 1 saturated heterocycles. The minimum absolute atomic E-state index is 0.0978. The second kappa shape index (κ2) is 7.33. The average Bonchev–Trinajstić information content (AvgIpc) is 2.85. The number of nitrogens with zero attached hydrogens (tertiary/aromatic N) is 2. The predicted octanol–water partition coefficient (Wildman–Crippen LogP) is 4.89. The Kier molecular flexibility index (Phi) is 5.16. The number of carbonyl (C=O) groups is 1. The Bertz CT molecular complexity index is 893. The Labute approximate surface area is 156 Å². The normalized spacial score (nSPS) is 17.6. The van der Waals surface area contributed by atoms with Gasteiger partial charge >= 0.3 is 0 Å². The van der Waals surface area contributed by atoms with E-state index in [9.17, 15) is 4.79 Å². The van der Waals surface area contributed by atoms with Crippen LogP contribution in [-0.4, -0.2) is 30.1 Å². The zero-order valence-corrected chi connectivity index (χ0v) is 15.7. The van der Waals surface area contributed by atoms with E-state index in [1.807, 2.05) is 31.2 Å². The topological polar surface area (TPSA) is 41.9 Å². The third-order valence-corrected chi connectivity index (χ3v) is 5.11. The van der Waals surface area contributed by atoms with Gasteiger partial charge in [-0.25, -0.2) is 4.99 Å². The molecule has 6 heteroatoms. The van der Waals surface area contributed by atoms with E-state index in [1.54, 1.807) is 43.3 Å². The van der Waals surface area contributed by atoms with Gasteiger partial charge in [0.15, 0.2) is 5.17 Å². The molecule has 0 atom stereocenters. The summed E-state index contributed by atoms with van der Waals surface area (Å²) in [5, 5.41) is 1.23. The summed E-state index contributed by atoms with van der Waals surface area (Å²) >= 11 is 7.41. The minimum atomic E-state index is -0.0978. The highest BCUT2D eigenvalue weighted by Crippen LogP contribution is 2.35. The van der Waals surface area contributed by atoms with Crippen molar-refractivity contribution in [2.75, 3.05) is 14.2 Å². The summed E-state index contributed by atoms with van der Waals surface area (Å²) in [6.07, 6.45) is 1.79. The first kappa shape index (κ1) is 17.6. The van der Waals surface area contributed by atoms with Crippen molar-refractivity contribution in [1.29, 1.82) is 0 Å². The lowest BCUT2D eigenvalue weighted by Crippen LogP contribution is -2.23. The Morgan fingerprint density at radius 3 is 2.72 bits per heavy atom. The van der Waals surface area contributed by atoms with Gasteiger partial charge in [-0.1, -0.05) is 29.8 Å². The first-order chi connectivity index (χ1) is 12.0. The Balaban J connectivity index is 1.97. The van der Waals surface area contributed by atoms with Gasteiger partial charge in [0.2, 0.25) is 0 Å². The van der Waals surface area contributed by atoms with Crippen LogP contribution in [0.2, 0.25) is 5.02 Å². The molecule has 0 spiro atoms. The molecular weight excluding hydrogens is 356 g/mol. The number of rotatable bonds is 3. The van der Waals surface area contributed by atoms with Crippen molar-refractivity contribution in [3.05, 3.63) is 63.5 Å². The Morgan fingerprint density at radius 1 is 1.24 bits per heavy atom. The van der Waals surface area contributed by atoms with Crippen molar-refractivity contribution in [3.8, 4) is 5.75 Å². The molecule has 0 bridgehead atoms. The van der Waals surface area contributed by atoms with Crippen molar-refractivity contribution in [2.24, 2.45) is 4.99 Å². The number of hydrogen-bond acceptors (Lipinski definition) is 4. The molecular formula is C19H17ClN2O2S. The third-order valence-electron chi connectivity index (χ3n) is 3.81. The van der Waals surface area contributed by atoms with E-state index in [4.69, 9.17) is 16.3 Å². The van der Waals surface area contributed by atoms with Crippen LogP contribution < -0.4 is 4.74 Å². The number of halogens is 1. The van der Waals surface area contributed by atoms with Crippen molar-refractivity contribution in [2.45, 2.75) is 6.92 Å². The number of aryl methyl sites for hydroxylation is 1. The molecule has 1 heterocycles. The van der Waals surface area contributed by atoms with Gasteiger partial charge in [0.1, 0.15) is 5.75 Å². The summed E-state index contributed by atoms with van der Waals surface area (Å²) in [5.74, 6) is 0.566. The maximum Gasteiger partial charge on any atom is 0.266 e. The van der Waals surface area contributed by atoms with Crippen LogP contribution in [0, 0.1) is 6.92 Å². The number of amidine groups is 1. The van der Waals surface area contributed by atoms with Gasteiger partial charge in [-0.05, 0) is 54.6 Å². The zero-order valence-electron chi connectivity index (χ0n) is 14.1. The summed E-state index contributed by atoms with van der Waals surface area (Å²) < 4.78 is 5.34. The molecule has 0 aliphatic carbocycles. The van der Waals surface area contributed by atoms with Crippen molar-refractivity contribution in [1.82, 2.24) is 4.90 Å². The lowest BCUT2D eigenvalue weighted by atomic mass is 10.2. The fraction of sp³-hybridized carbons (Fsp3) is 0.158. The van der Waals surface area contributed by atoms with Crippen LogP contribution in [-0.2, 0) is 4.79 Å². The highest BCUT2D eigenvalue weighted by Gasteiger charge is 2.30. The number of thioether (sulfide) groups is 1. The Morgan fingerprint density at radius 2 is 2.00 bits per heavy atom. The summed E-state index contributed by atoms with van der Waals surface area (Å²) in [5.41, 5.74) is 2.67. The number of hydrogen-bond donors (Lipinski definition) is 0. The molecule has 0 unspecified atom stereocenters. The van der Waals surface area contributed by atoms with Gasteiger partial charge in [-0.15, -0.1) is 0 Å². The molecule has 1 aliphatic heterocycles. The van der Waals surface area contributed by atoms with Crippen molar-refractivity contribution < 1.29 is 9.53 Å². The SMILES string of the molecule is COc1ccc(Cl)cc1/C=C1/SC(=Nc2ccccc2C)N(C)C1=O. The van der Waals surface area contributed by atoms with Crippen LogP contribution in [0.15, 0.2) is 52.4 Å². The molecule has 1 aliphatic rings. The quantitative estimate of drug-likeness (QED) is 0.720. The fourth-order valence-electron chi connectivity index (χ4n) is 2.40. The van der Waals surface area contributed by atoms with Gasteiger partial charge in [-0.3, -0.25) is 9.69 Å². The zero-order chi connectivity index (χ0) is 18.0. The lowest BCUT2D eigenvalue weighted by molar-refractivity contribution is -0.121. The maximum absolute atomic E-state index is 12.6. The fourth-order valence-corrected chi connectivity index (χ4v) is 3.55. The predicted molar refractivity (Wildman–Crippen MR) is 105 cm³/mol. The van der Waals surface area contributed by atoms with E-state index >= 15 is 0 Å². The molecule has 1 fully saturated rings. The monoisotopic (exact) mass is 372 g/mol. The lowest BCUT2D eigenvalue weighted by Gasteiger charge is -2.08. The molecule has 0 aromatic heterocycles. The number of carbonyl (C=O) groups excluding carboxylic acids is 1. The van der Waals surface area contributed by atoms with Crippen LogP contribution in [0.4, 0.5) is 5.69 Å². The Hall–Kier alpha value is -2.24. The highest BCUT2D eigenvalue weighted by molar-refractivity contribution is 8.18. The van der Waals surface area contributed by atoms with Crippen molar-refractivity contribution in [3.63, 3.8) is 0 Å². The first-order valence-corrected chi connectivity index (χ1v) is 8.84. The van der Waals surface area contributed by atoms with Gasteiger partial charge in [0.05, 0.1) is 17.7 Å². The third kappa shape index (κ3) is 3.72. The summed E-state index contributed by atoms with van der Waals surface area (Å²) in [4.78, 5) is 19.3. The molecule has 0 saturated carbocycles. The molecule has 128 valence electrons. The minimum Gasteiger partial charge on any atom is -0.496 e. The largest absolute Gasteiger partial charge is 0.496 e. The van der Waals surface area contributed by atoms with E-state index in [1.165, 1.54) is 11.8 Å². The van der Waals surface area contributed by atoms with Crippen molar-refractivity contribution >= 4 is 46.2 Å². The molecule has 3 rings (SSSR count). The standard InChI is InChI=1S/C19H17ClN2O2S/c1-12-6-4-5-7-15(12)21-19-22(2)18(23)17(25-19)11-13-10-14(20)8-9-16(13)24-3/h4-11H,1-3H3/b17-11+,21-19?. The number of ether oxygens (including phenoxy) is 1. The number of aliphatic imine (C=N–C) groups is 1. The average molecular weight is 373 g/mol. The van der Waals surface area contributed by atoms with E-state index in [-0.39, 0.29) is 5.91 Å². The smallest absolute Gasteiger partial charge is 0.266 e. The second-order valence-electron chi connectivity index (χ2n) is 5.54. The summed E-state index contributed by atoms with van der Waals surface area (Å²) in [6, 6.07) is 13.1. The molecule has 2 aromatic rings. The van der Waals surface area contributed by atoms with Gasteiger partial charge < -0.3 is 4.74 Å². The van der Waals surface area contributed by atoms with E-state index in [0.29, 0.717) is 20.8 Å².